The van der Waals surface area contributed by atoms with E-state index in [9.17, 15) is 13.8 Å². The van der Waals surface area contributed by atoms with Crippen LogP contribution in [-0.2, 0) is 18.4 Å². The Labute approximate surface area is 105 Å². The molecule has 0 unspecified atom stereocenters. The molecule has 0 aliphatic heterocycles. The van der Waals surface area contributed by atoms with Crippen LogP contribution in [-0.4, -0.2) is 26.2 Å². The number of benzene rings is 1. The second kappa shape index (κ2) is 6.46. The number of hydrogen-bond acceptors (Lipinski definition) is 4. The summed E-state index contributed by atoms with van der Waals surface area (Å²) in [7, 11) is -1.01. The first-order valence-electron chi connectivity index (χ1n) is 5.00. The van der Waals surface area contributed by atoms with E-state index in [0.717, 1.165) is 0 Å². The molecule has 0 N–H and O–H groups in total. The molecule has 0 aromatic heterocycles. The van der Waals surface area contributed by atoms with E-state index in [-0.39, 0.29) is 0 Å². The normalized spacial score (nSPS) is 10.6. The zero-order valence-corrected chi connectivity index (χ0v) is 10.9. The van der Waals surface area contributed by atoms with Gasteiger partial charge >= 0.3 is 7.60 Å². The minimum Gasteiger partial charge on any atom is -0.312 e. The first kappa shape index (κ1) is 14.6. The first-order chi connectivity index (χ1) is 8.49. The lowest BCUT2D eigenvalue weighted by atomic mass is 10.2. The smallest absolute Gasteiger partial charge is 0.312 e. The average molecular weight is 270 g/mol. The van der Waals surface area contributed by atoms with Gasteiger partial charge in [0, 0.05) is 19.8 Å². The van der Waals surface area contributed by atoms with Crippen LogP contribution in [0.4, 0.5) is 4.39 Å². The Morgan fingerprint density at radius 2 is 2.06 bits per heavy atom. The lowest BCUT2D eigenvalue weighted by Gasteiger charge is -2.10. The van der Waals surface area contributed by atoms with Gasteiger partial charge in [0.2, 0.25) is 5.78 Å². The van der Waals surface area contributed by atoms with E-state index < -0.39 is 25.4 Å². The van der Waals surface area contributed by atoms with E-state index in [2.05, 4.69) is 20.9 Å². The minimum atomic E-state index is -3.39. The standard InChI is InChI=1S/C12H12FO4P/c1-16-18(15,17-2)9-12(14)7-6-10-4-3-5-11(13)8-10/h3-5,8H,9H2,1-2H3. The van der Waals surface area contributed by atoms with Gasteiger partial charge < -0.3 is 9.05 Å². The van der Waals surface area contributed by atoms with Crippen LogP contribution in [0.1, 0.15) is 5.56 Å². The molecule has 0 radical (unpaired) electrons. The summed E-state index contributed by atoms with van der Waals surface area (Å²) in [5.41, 5.74) is 0.369. The van der Waals surface area contributed by atoms with Crippen LogP contribution in [0.2, 0.25) is 0 Å². The van der Waals surface area contributed by atoms with Crippen molar-refractivity contribution in [3.63, 3.8) is 0 Å². The van der Waals surface area contributed by atoms with E-state index >= 15 is 0 Å². The van der Waals surface area contributed by atoms with E-state index in [4.69, 9.17) is 0 Å². The second-order valence-corrected chi connectivity index (χ2v) is 5.59. The molecule has 1 aromatic rings. The van der Waals surface area contributed by atoms with Gasteiger partial charge in [-0.3, -0.25) is 9.36 Å². The third kappa shape index (κ3) is 4.42. The summed E-state index contributed by atoms with van der Waals surface area (Å²) in [6, 6.07) is 5.53. The summed E-state index contributed by atoms with van der Waals surface area (Å²) < 4.78 is 33.7. The van der Waals surface area contributed by atoms with Crippen molar-refractivity contribution in [1.29, 1.82) is 0 Å². The third-order valence-corrected chi connectivity index (χ3v) is 3.85. The Morgan fingerprint density at radius 3 is 2.61 bits per heavy atom. The Bertz CT molecular complexity index is 536. The van der Waals surface area contributed by atoms with Crippen LogP contribution in [0, 0.1) is 17.7 Å². The predicted octanol–water partition coefficient (Wildman–Crippen LogP) is 2.23. The van der Waals surface area contributed by atoms with Gasteiger partial charge in [-0.25, -0.2) is 4.39 Å². The lowest BCUT2D eigenvalue weighted by molar-refractivity contribution is -0.111. The summed E-state index contributed by atoms with van der Waals surface area (Å²) in [5.74, 6) is 3.72. The number of rotatable bonds is 4. The van der Waals surface area contributed by atoms with Gasteiger partial charge in [-0.1, -0.05) is 12.0 Å². The van der Waals surface area contributed by atoms with Gasteiger partial charge in [-0.05, 0) is 24.1 Å². The van der Waals surface area contributed by atoms with Crippen LogP contribution < -0.4 is 0 Å². The van der Waals surface area contributed by atoms with Crippen LogP contribution in [0.25, 0.3) is 0 Å². The largest absolute Gasteiger partial charge is 0.338 e. The monoisotopic (exact) mass is 270 g/mol. The number of ketones is 1. The number of halogens is 1. The average Bonchev–Trinajstić information content (AvgIpc) is 2.36. The fourth-order valence-electron chi connectivity index (χ4n) is 1.13. The SMILES string of the molecule is COP(=O)(CC(=O)C#Cc1cccc(F)c1)OC. The molecule has 0 amide bonds. The molecule has 0 bridgehead atoms. The Balaban J connectivity index is 2.75. The summed E-state index contributed by atoms with van der Waals surface area (Å²) in [6.07, 6.45) is -0.428. The summed E-state index contributed by atoms with van der Waals surface area (Å²) in [5, 5.41) is 0. The van der Waals surface area contributed by atoms with Crippen molar-refractivity contribution >= 4 is 13.4 Å². The predicted molar refractivity (Wildman–Crippen MR) is 64.8 cm³/mol. The van der Waals surface area contributed by atoms with Crippen LogP contribution in [0.5, 0.6) is 0 Å². The molecule has 0 fully saturated rings. The molecular formula is C12H12FO4P. The topological polar surface area (TPSA) is 52.6 Å². The fourth-order valence-corrected chi connectivity index (χ4v) is 1.97. The molecule has 0 atom stereocenters. The van der Waals surface area contributed by atoms with E-state index in [1.54, 1.807) is 6.07 Å². The van der Waals surface area contributed by atoms with Crippen molar-refractivity contribution in [2.75, 3.05) is 20.4 Å². The molecule has 0 aliphatic rings. The Hall–Kier alpha value is -1.47. The number of carbonyl (C=O) groups is 1. The van der Waals surface area contributed by atoms with Crippen molar-refractivity contribution in [2.24, 2.45) is 0 Å². The Morgan fingerprint density at radius 1 is 1.39 bits per heavy atom. The van der Waals surface area contributed by atoms with Crippen molar-refractivity contribution in [3.05, 3.63) is 35.6 Å². The second-order valence-electron chi connectivity index (χ2n) is 3.32. The summed E-state index contributed by atoms with van der Waals surface area (Å²) >= 11 is 0. The number of hydrogen-bond donors (Lipinski definition) is 0. The minimum absolute atomic E-state index is 0.369. The van der Waals surface area contributed by atoms with E-state index in [1.165, 1.54) is 32.4 Å². The maximum absolute atomic E-state index is 12.8. The zero-order chi connectivity index (χ0) is 13.6. The van der Waals surface area contributed by atoms with Crippen molar-refractivity contribution < 1.29 is 22.8 Å². The molecule has 6 heteroatoms. The van der Waals surface area contributed by atoms with Gasteiger partial charge in [-0.2, -0.15) is 0 Å². The third-order valence-electron chi connectivity index (χ3n) is 2.06. The fraction of sp³-hybridized carbons (Fsp3) is 0.250. The molecule has 4 nitrogen and oxygen atoms in total. The first-order valence-corrected chi connectivity index (χ1v) is 6.73. The van der Waals surface area contributed by atoms with Crippen molar-refractivity contribution in [2.45, 2.75) is 0 Å². The van der Waals surface area contributed by atoms with Crippen LogP contribution in [0.15, 0.2) is 24.3 Å². The molecule has 0 heterocycles. The van der Waals surface area contributed by atoms with Gasteiger partial charge in [0.1, 0.15) is 12.0 Å². The maximum Gasteiger partial charge on any atom is 0.338 e. The molecular weight excluding hydrogens is 258 g/mol. The molecule has 96 valence electrons. The molecule has 0 spiro atoms. The van der Waals surface area contributed by atoms with Gasteiger partial charge in [0.15, 0.2) is 0 Å². The highest BCUT2D eigenvalue weighted by Crippen LogP contribution is 2.45. The molecule has 0 saturated heterocycles. The summed E-state index contributed by atoms with van der Waals surface area (Å²) in [6.45, 7) is 0. The van der Waals surface area contributed by atoms with Gasteiger partial charge in [0.05, 0.1) is 0 Å². The van der Waals surface area contributed by atoms with Crippen LogP contribution in [0.3, 0.4) is 0 Å². The van der Waals surface area contributed by atoms with Crippen molar-refractivity contribution in [1.82, 2.24) is 0 Å². The molecule has 18 heavy (non-hydrogen) atoms. The molecule has 0 aliphatic carbocycles. The lowest BCUT2D eigenvalue weighted by Crippen LogP contribution is -2.05. The molecule has 1 rings (SSSR count). The highest BCUT2D eigenvalue weighted by Gasteiger charge is 2.24. The zero-order valence-electron chi connectivity index (χ0n) is 9.97. The maximum atomic E-state index is 12.8. The van der Waals surface area contributed by atoms with Crippen molar-refractivity contribution in [3.8, 4) is 11.8 Å². The van der Waals surface area contributed by atoms with Gasteiger partial charge in [0.25, 0.3) is 0 Å². The number of Topliss-reactive ketones (excluding diaryl/α,β-unsaturated/α-hetero) is 1. The molecule has 0 saturated carbocycles. The van der Waals surface area contributed by atoms with E-state index in [1.807, 2.05) is 0 Å². The highest BCUT2D eigenvalue weighted by molar-refractivity contribution is 7.54. The summed E-state index contributed by atoms with van der Waals surface area (Å²) in [4.78, 5) is 11.4. The molecule has 1 aromatic carbocycles. The highest BCUT2D eigenvalue weighted by atomic mass is 31.2. The Kier molecular flexibility index (Phi) is 5.24. The van der Waals surface area contributed by atoms with Gasteiger partial charge in [-0.15, -0.1) is 0 Å². The van der Waals surface area contributed by atoms with E-state index in [0.29, 0.717) is 5.56 Å². The quantitative estimate of drug-likeness (QED) is 0.622. The van der Waals surface area contributed by atoms with Crippen LogP contribution >= 0.6 is 7.60 Å². The number of carbonyl (C=O) groups excluding carboxylic acids is 1.